The van der Waals surface area contributed by atoms with Gasteiger partial charge >= 0.3 is 11.5 Å². The number of hydrogen-bond acceptors (Lipinski definition) is 5. The Kier molecular flexibility index (Phi) is 5.08. The van der Waals surface area contributed by atoms with Gasteiger partial charge in [-0.05, 0) is 42.8 Å². The average molecular weight is 448 g/mol. The van der Waals surface area contributed by atoms with Crippen molar-refractivity contribution in [2.75, 3.05) is 4.90 Å². The largest absolute Gasteiger partial charge is 0.501 e. The third kappa shape index (κ3) is 3.67. The van der Waals surface area contributed by atoms with Gasteiger partial charge in [0.05, 0.1) is 15.6 Å². The van der Waals surface area contributed by atoms with Crippen LogP contribution in [-0.4, -0.2) is 36.4 Å². The molecule has 1 N–H and O–H groups in total. The maximum Gasteiger partial charge on any atom is 0.501 e. The first-order valence-electron chi connectivity index (χ1n) is 8.03. The van der Waals surface area contributed by atoms with Gasteiger partial charge in [-0.1, -0.05) is 11.6 Å². The zero-order valence-electron chi connectivity index (χ0n) is 14.7. The lowest BCUT2D eigenvalue weighted by Gasteiger charge is -2.22. The Morgan fingerprint density at radius 2 is 1.79 bits per heavy atom. The minimum atomic E-state index is -5.54. The SMILES string of the molecule is CC1(Cc2ccncc2Cl)NC(=O)N(c2ccc(S(=O)(=O)C(F)(F)F)cc2)C1=O. The highest BCUT2D eigenvalue weighted by Gasteiger charge is 2.49. The molecule has 7 nitrogen and oxygen atoms in total. The lowest BCUT2D eigenvalue weighted by Crippen LogP contribution is -2.46. The quantitative estimate of drug-likeness (QED) is 0.726. The van der Waals surface area contributed by atoms with Crippen molar-refractivity contribution in [1.29, 1.82) is 0 Å². The molecule has 1 aromatic carbocycles. The number of sulfone groups is 1. The number of amides is 3. The number of benzene rings is 1. The van der Waals surface area contributed by atoms with Crippen LogP contribution in [0.1, 0.15) is 12.5 Å². The number of halogens is 4. The molecule has 29 heavy (non-hydrogen) atoms. The molecule has 1 fully saturated rings. The third-order valence-corrected chi connectivity index (χ3v) is 6.21. The van der Waals surface area contributed by atoms with Crippen molar-refractivity contribution < 1.29 is 31.2 Å². The monoisotopic (exact) mass is 447 g/mol. The van der Waals surface area contributed by atoms with E-state index in [2.05, 4.69) is 10.3 Å². The Bertz CT molecular complexity index is 1090. The summed E-state index contributed by atoms with van der Waals surface area (Å²) in [5.74, 6) is -0.665. The minimum Gasteiger partial charge on any atom is -0.323 e. The van der Waals surface area contributed by atoms with E-state index in [4.69, 9.17) is 11.6 Å². The predicted octanol–water partition coefficient (Wildman–Crippen LogP) is 3.09. The van der Waals surface area contributed by atoms with Crippen LogP contribution in [0, 0.1) is 0 Å². The van der Waals surface area contributed by atoms with E-state index in [0.29, 0.717) is 22.7 Å². The minimum absolute atomic E-state index is 0.0516. The van der Waals surface area contributed by atoms with Gasteiger partial charge in [0, 0.05) is 18.8 Å². The summed E-state index contributed by atoms with van der Waals surface area (Å²) in [5, 5.41) is 2.84. The number of carbonyl (C=O) groups is 2. The summed E-state index contributed by atoms with van der Waals surface area (Å²) in [6, 6.07) is 4.09. The highest BCUT2D eigenvalue weighted by molar-refractivity contribution is 7.92. The third-order valence-electron chi connectivity index (χ3n) is 4.37. The van der Waals surface area contributed by atoms with Crippen molar-refractivity contribution in [3.05, 3.63) is 53.3 Å². The molecule has 1 atom stereocenters. The molecule has 12 heteroatoms. The van der Waals surface area contributed by atoms with E-state index in [-0.39, 0.29) is 12.1 Å². The molecule has 3 rings (SSSR count). The lowest BCUT2D eigenvalue weighted by molar-refractivity contribution is -0.121. The molecular weight excluding hydrogens is 435 g/mol. The normalized spacial score (nSPS) is 20.1. The highest BCUT2D eigenvalue weighted by atomic mass is 35.5. The summed E-state index contributed by atoms with van der Waals surface area (Å²) >= 11 is 6.05. The maximum atomic E-state index is 12.9. The predicted molar refractivity (Wildman–Crippen MR) is 97.1 cm³/mol. The fraction of sp³-hybridized carbons (Fsp3) is 0.235. The van der Waals surface area contributed by atoms with E-state index in [0.717, 1.165) is 17.0 Å². The molecule has 1 unspecified atom stereocenters. The van der Waals surface area contributed by atoms with Crippen molar-refractivity contribution in [3.8, 4) is 0 Å². The van der Waals surface area contributed by atoms with Crippen LogP contribution in [-0.2, 0) is 21.1 Å². The van der Waals surface area contributed by atoms with Gasteiger partial charge in [0.1, 0.15) is 5.54 Å². The van der Waals surface area contributed by atoms with E-state index < -0.39 is 37.7 Å². The number of aromatic nitrogens is 1. The molecule has 3 amide bonds. The summed E-state index contributed by atoms with van der Waals surface area (Å²) in [6.45, 7) is 1.48. The smallest absolute Gasteiger partial charge is 0.323 e. The Balaban J connectivity index is 1.90. The number of rotatable bonds is 4. The van der Waals surface area contributed by atoms with Crippen molar-refractivity contribution in [1.82, 2.24) is 10.3 Å². The Labute approximate surface area is 168 Å². The van der Waals surface area contributed by atoms with Crippen molar-refractivity contribution in [3.63, 3.8) is 0 Å². The van der Waals surface area contributed by atoms with Crippen LogP contribution in [0.15, 0.2) is 47.6 Å². The molecule has 0 spiro atoms. The maximum absolute atomic E-state index is 12.9. The molecule has 0 bridgehead atoms. The Morgan fingerprint density at radius 3 is 2.34 bits per heavy atom. The van der Waals surface area contributed by atoms with Gasteiger partial charge in [-0.15, -0.1) is 0 Å². The molecule has 0 aliphatic carbocycles. The molecule has 154 valence electrons. The van der Waals surface area contributed by atoms with Gasteiger partial charge in [0.15, 0.2) is 0 Å². The first-order valence-corrected chi connectivity index (χ1v) is 9.89. The van der Waals surface area contributed by atoms with Gasteiger partial charge in [-0.3, -0.25) is 9.78 Å². The number of hydrogen-bond donors (Lipinski definition) is 1. The average Bonchev–Trinajstić information content (AvgIpc) is 2.85. The molecule has 2 heterocycles. The molecule has 0 radical (unpaired) electrons. The second-order valence-electron chi connectivity index (χ2n) is 6.49. The lowest BCUT2D eigenvalue weighted by atomic mass is 9.93. The van der Waals surface area contributed by atoms with Crippen LogP contribution in [0.25, 0.3) is 0 Å². The van der Waals surface area contributed by atoms with Crippen LogP contribution in [0.4, 0.5) is 23.7 Å². The number of alkyl halides is 3. The van der Waals surface area contributed by atoms with Gasteiger partial charge < -0.3 is 5.32 Å². The topological polar surface area (TPSA) is 96.4 Å². The molecule has 1 aromatic heterocycles. The summed E-state index contributed by atoms with van der Waals surface area (Å²) in [6.07, 6.45) is 2.92. The number of anilines is 1. The van der Waals surface area contributed by atoms with Crippen LogP contribution >= 0.6 is 11.6 Å². The van der Waals surface area contributed by atoms with Crippen LogP contribution in [0.5, 0.6) is 0 Å². The standard InChI is InChI=1S/C17H13ClF3N3O4S/c1-16(8-10-6-7-22-9-13(10)18)14(25)24(15(26)23-16)11-2-4-12(5-3-11)29(27,28)17(19,20)21/h2-7,9H,8H2,1H3,(H,23,26). The van der Waals surface area contributed by atoms with Crippen LogP contribution in [0.3, 0.4) is 0 Å². The number of urea groups is 1. The highest BCUT2D eigenvalue weighted by Crippen LogP contribution is 2.33. The molecule has 2 aromatic rings. The van der Waals surface area contributed by atoms with E-state index in [9.17, 15) is 31.2 Å². The molecule has 0 saturated carbocycles. The van der Waals surface area contributed by atoms with Crippen LogP contribution in [0.2, 0.25) is 5.02 Å². The number of pyridine rings is 1. The van der Waals surface area contributed by atoms with Crippen LogP contribution < -0.4 is 10.2 Å². The van der Waals surface area contributed by atoms with Crippen molar-refractivity contribution in [2.24, 2.45) is 0 Å². The van der Waals surface area contributed by atoms with E-state index in [1.165, 1.54) is 19.3 Å². The molecular formula is C17H13ClF3N3O4S. The summed E-state index contributed by atoms with van der Waals surface area (Å²) in [4.78, 5) is 28.8. The van der Waals surface area contributed by atoms with E-state index >= 15 is 0 Å². The van der Waals surface area contributed by atoms with Gasteiger partial charge in [0.25, 0.3) is 15.7 Å². The van der Waals surface area contributed by atoms with Crippen molar-refractivity contribution in [2.45, 2.75) is 29.3 Å². The number of imide groups is 1. The molecule has 1 saturated heterocycles. The summed E-state index contributed by atoms with van der Waals surface area (Å²) in [5.41, 5.74) is -6.33. The summed E-state index contributed by atoms with van der Waals surface area (Å²) in [7, 11) is -5.54. The van der Waals surface area contributed by atoms with Gasteiger partial charge in [0.2, 0.25) is 0 Å². The second-order valence-corrected chi connectivity index (χ2v) is 8.84. The van der Waals surface area contributed by atoms with E-state index in [1.54, 1.807) is 6.07 Å². The fourth-order valence-corrected chi connectivity index (χ4v) is 3.82. The zero-order valence-corrected chi connectivity index (χ0v) is 16.3. The fourth-order valence-electron chi connectivity index (χ4n) is 2.87. The zero-order chi connectivity index (χ0) is 21.6. The van der Waals surface area contributed by atoms with Gasteiger partial charge in [-0.2, -0.15) is 13.2 Å². The molecule has 1 aliphatic rings. The summed E-state index contributed by atoms with van der Waals surface area (Å²) < 4.78 is 60.9. The van der Waals surface area contributed by atoms with E-state index in [1.807, 2.05) is 0 Å². The van der Waals surface area contributed by atoms with Gasteiger partial charge in [-0.25, -0.2) is 18.1 Å². The Hall–Kier alpha value is -2.66. The number of nitrogens with one attached hydrogen (secondary N) is 1. The first kappa shape index (κ1) is 21.1. The Morgan fingerprint density at radius 1 is 1.17 bits per heavy atom. The second kappa shape index (κ2) is 6.99. The first-order chi connectivity index (χ1) is 13.4. The number of carbonyl (C=O) groups excluding carboxylic acids is 2. The molecule has 1 aliphatic heterocycles. The number of nitrogens with zero attached hydrogens (tertiary/aromatic N) is 2. The van der Waals surface area contributed by atoms with Crippen molar-refractivity contribution >= 4 is 39.1 Å².